The van der Waals surface area contributed by atoms with Crippen molar-refractivity contribution >= 4 is 17.3 Å². The zero-order chi connectivity index (χ0) is 16.3. The van der Waals surface area contributed by atoms with E-state index in [0.29, 0.717) is 11.1 Å². The minimum atomic E-state index is -0.527. The number of nitro benzene ring substituents is 1. The molecule has 2 aromatic carbocycles. The summed E-state index contributed by atoms with van der Waals surface area (Å²) in [5, 5.41) is 22.4. The average Bonchev–Trinajstić information content (AvgIpc) is 2.50. The van der Waals surface area contributed by atoms with E-state index in [2.05, 4.69) is 5.32 Å². The highest BCUT2D eigenvalue weighted by atomic mass is 16.6. The molecule has 0 bridgehead atoms. The molecular formula is C16H13N3O3. The lowest BCUT2D eigenvalue weighted by Crippen LogP contribution is -2.13. The number of carbonyl (C=O) groups excluding carboxylic acids is 1. The molecule has 6 nitrogen and oxygen atoms in total. The smallest absolute Gasteiger partial charge is 0.293 e. The van der Waals surface area contributed by atoms with Gasteiger partial charge in [-0.3, -0.25) is 14.9 Å². The number of aryl methyl sites for hydroxylation is 2. The molecule has 1 N–H and O–H groups in total. The number of nitrogens with one attached hydrogen (secondary N) is 1. The third-order valence-corrected chi connectivity index (χ3v) is 3.33. The van der Waals surface area contributed by atoms with E-state index >= 15 is 0 Å². The quantitative estimate of drug-likeness (QED) is 0.693. The Morgan fingerprint density at radius 3 is 2.32 bits per heavy atom. The van der Waals surface area contributed by atoms with E-state index in [1.54, 1.807) is 13.0 Å². The molecule has 0 aliphatic carbocycles. The van der Waals surface area contributed by atoms with Crippen LogP contribution in [0.5, 0.6) is 0 Å². The van der Waals surface area contributed by atoms with Crippen molar-refractivity contribution in [2.24, 2.45) is 0 Å². The fraction of sp³-hybridized carbons (Fsp3) is 0.125. The monoisotopic (exact) mass is 295 g/mol. The molecule has 0 aliphatic rings. The molecule has 0 saturated carbocycles. The van der Waals surface area contributed by atoms with Gasteiger partial charge in [0, 0.05) is 11.6 Å². The Labute approximate surface area is 127 Å². The van der Waals surface area contributed by atoms with Crippen LogP contribution in [-0.4, -0.2) is 10.8 Å². The van der Waals surface area contributed by atoms with Gasteiger partial charge in [0.15, 0.2) is 0 Å². The standard InChI is InChI=1S/C16H13N3O3/c1-10-7-14(15(19(21)22)8-11(10)2)18-16(20)13-5-3-12(9-17)4-6-13/h3-8H,1-2H3,(H,18,20). The molecule has 22 heavy (non-hydrogen) atoms. The Morgan fingerprint density at radius 2 is 1.77 bits per heavy atom. The number of nitriles is 1. The topological polar surface area (TPSA) is 96.0 Å². The zero-order valence-corrected chi connectivity index (χ0v) is 12.1. The third-order valence-electron chi connectivity index (χ3n) is 3.33. The molecule has 2 aromatic rings. The summed E-state index contributed by atoms with van der Waals surface area (Å²) in [7, 11) is 0. The Hall–Kier alpha value is -3.20. The van der Waals surface area contributed by atoms with Crippen LogP contribution in [0.1, 0.15) is 27.0 Å². The van der Waals surface area contributed by atoms with Crippen LogP contribution in [0.2, 0.25) is 0 Å². The highest BCUT2D eigenvalue weighted by molar-refractivity contribution is 6.05. The highest BCUT2D eigenvalue weighted by Gasteiger charge is 2.18. The summed E-state index contributed by atoms with van der Waals surface area (Å²) in [4.78, 5) is 22.7. The third kappa shape index (κ3) is 3.10. The van der Waals surface area contributed by atoms with Crippen LogP contribution in [0.3, 0.4) is 0 Å². The fourth-order valence-electron chi connectivity index (χ4n) is 1.94. The number of hydrogen-bond acceptors (Lipinski definition) is 4. The fourth-order valence-corrected chi connectivity index (χ4v) is 1.94. The molecule has 2 rings (SSSR count). The Bertz CT molecular complexity index is 790. The maximum Gasteiger partial charge on any atom is 0.293 e. The second-order valence-electron chi connectivity index (χ2n) is 4.85. The van der Waals surface area contributed by atoms with Crippen molar-refractivity contribution in [2.75, 3.05) is 5.32 Å². The summed E-state index contributed by atoms with van der Waals surface area (Å²) in [6.07, 6.45) is 0. The number of nitro groups is 1. The lowest BCUT2D eigenvalue weighted by molar-refractivity contribution is -0.384. The molecule has 110 valence electrons. The van der Waals surface area contributed by atoms with Gasteiger partial charge in [-0.05, 0) is 55.3 Å². The van der Waals surface area contributed by atoms with Crippen molar-refractivity contribution in [2.45, 2.75) is 13.8 Å². The van der Waals surface area contributed by atoms with Crippen LogP contribution in [0.25, 0.3) is 0 Å². The summed E-state index contributed by atoms with van der Waals surface area (Å²) >= 11 is 0. The molecule has 1 amide bonds. The zero-order valence-electron chi connectivity index (χ0n) is 12.1. The first-order valence-corrected chi connectivity index (χ1v) is 6.49. The number of nitrogens with zero attached hydrogens (tertiary/aromatic N) is 2. The second-order valence-corrected chi connectivity index (χ2v) is 4.85. The number of benzene rings is 2. The second kappa shape index (κ2) is 6.06. The van der Waals surface area contributed by atoms with Gasteiger partial charge in [0.05, 0.1) is 16.6 Å². The van der Waals surface area contributed by atoms with Gasteiger partial charge in [0.25, 0.3) is 11.6 Å². The van der Waals surface area contributed by atoms with E-state index in [0.717, 1.165) is 11.1 Å². The van der Waals surface area contributed by atoms with Crippen LogP contribution in [0, 0.1) is 35.3 Å². The van der Waals surface area contributed by atoms with Crippen LogP contribution in [0.15, 0.2) is 36.4 Å². The van der Waals surface area contributed by atoms with Crippen molar-refractivity contribution < 1.29 is 9.72 Å². The van der Waals surface area contributed by atoms with Gasteiger partial charge in [0.2, 0.25) is 0 Å². The molecule has 0 aliphatic heterocycles. The first-order chi connectivity index (χ1) is 10.4. The first-order valence-electron chi connectivity index (χ1n) is 6.49. The SMILES string of the molecule is Cc1cc(NC(=O)c2ccc(C#N)cc2)c([N+](=O)[O-])cc1C. The predicted octanol–water partition coefficient (Wildman–Crippen LogP) is 3.34. The molecule has 0 fully saturated rings. The van der Waals surface area contributed by atoms with Crippen LogP contribution in [-0.2, 0) is 0 Å². The van der Waals surface area contributed by atoms with E-state index in [4.69, 9.17) is 5.26 Å². The van der Waals surface area contributed by atoms with Gasteiger partial charge in [-0.2, -0.15) is 5.26 Å². The predicted molar refractivity (Wildman–Crippen MR) is 81.7 cm³/mol. The van der Waals surface area contributed by atoms with Gasteiger partial charge >= 0.3 is 0 Å². The Balaban J connectivity index is 2.33. The van der Waals surface area contributed by atoms with Gasteiger partial charge in [0.1, 0.15) is 5.69 Å². The first kappa shape index (κ1) is 15.2. The molecule has 0 spiro atoms. The van der Waals surface area contributed by atoms with Crippen molar-refractivity contribution in [1.82, 2.24) is 0 Å². The van der Waals surface area contributed by atoms with Crippen molar-refractivity contribution in [3.8, 4) is 6.07 Å². The normalized spacial score (nSPS) is 9.86. The van der Waals surface area contributed by atoms with Crippen molar-refractivity contribution in [1.29, 1.82) is 5.26 Å². The summed E-state index contributed by atoms with van der Waals surface area (Å²) in [5.41, 5.74) is 2.40. The van der Waals surface area contributed by atoms with Crippen LogP contribution >= 0.6 is 0 Å². The number of amides is 1. The largest absolute Gasteiger partial charge is 0.316 e. The Morgan fingerprint density at radius 1 is 1.18 bits per heavy atom. The molecule has 6 heteroatoms. The lowest BCUT2D eigenvalue weighted by atomic mass is 10.1. The van der Waals surface area contributed by atoms with Gasteiger partial charge in [-0.25, -0.2) is 0 Å². The maximum atomic E-state index is 12.2. The van der Waals surface area contributed by atoms with Gasteiger partial charge in [-0.15, -0.1) is 0 Å². The minimum absolute atomic E-state index is 0.148. The van der Waals surface area contributed by atoms with E-state index in [1.165, 1.54) is 30.3 Å². The molecule has 0 atom stereocenters. The number of carbonyl (C=O) groups is 1. The molecule has 0 radical (unpaired) electrons. The lowest BCUT2D eigenvalue weighted by Gasteiger charge is -2.09. The van der Waals surface area contributed by atoms with E-state index in [1.807, 2.05) is 13.0 Å². The average molecular weight is 295 g/mol. The molecular weight excluding hydrogens is 282 g/mol. The molecule has 0 unspecified atom stereocenters. The summed E-state index contributed by atoms with van der Waals surface area (Å²) in [5.74, 6) is -0.462. The molecule has 0 aromatic heterocycles. The number of rotatable bonds is 3. The van der Waals surface area contributed by atoms with Crippen LogP contribution < -0.4 is 5.32 Å². The van der Waals surface area contributed by atoms with E-state index in [-0.39, 0.29) is 11.4 Å². The van der Waals surface area contributed by atoms with Gasteiger partial charge in [-0.1, -0.05) is 0 Å². The summed E-state index contributed by atoms with van der Waals surface area (Å²) in [6.45, 7) is 3.59. The van der Waals surface area contributed by atoms with Crippen molar-refractivity contribution in [3.05, 3.63) is 68.8 Å². The number of hydrogen-bond donors (Lipinski definition) is 1. The van der Waals surface area contributed by atoms with Crippen molar-refractivity contribution in [3.63, 3.8) is 0 Å². The highest BCUT2D eigenvalue weighted by Crippen LogP contribution is 2.28. The summed E-state index contributed by atoms with van der Waals surface area (Å²) in [6, 6.07) is 11.0. The number of anilines is 1. The van der Waals surface area contributed by atoms with E-state index in [9.17, 15) is 14.9 Å². The minimum Gasteiger partial charge on any atom is -0.316 e. The molecule has 0 saturated heterocycles. The van der Waals surface area contributed by atoms with E-state index < -0.39 is 10.8 Å². The van der Waals surface area contributed by atoms with Crippen LogP contribution in [0.4, 0.5) is 11.4 Å². The maximum absolute atomic E-state index is 12.2. The Kier molecular flexibility index (Phi) is 4.18. The molecule has 0 heterocycles. The van der Waals surface area contributed by atoms with Gasteiger partial charge < -0.3 is 5.32 Å². The summed E-state index contributed by atoms with van der Waals surface area (Å²) < 4.78 is 0.